The van der Waals surface area contributed by atoms with E-state index in [-0.39, 0.29) is 12.2 Å². The number of aliphatic imine (C=N–C) groups is 1. The minimum absolute atomic E-state index is 0.0421. The fourth-order valence-electron chi connectivity index (χ4n) is 3.63. The maximum atomic E-state index is 10.5. The smallest absolute Gasteiger partial charge is 0.126 e. The van der Waals surface area contributed by atoms with Crippen LogP contribution >= 0.6 is 31.9 Å². The molecule has 0 saturated heterocycles. The number of phenols is 1. The molecule has 1 aliphatic rings. The van der Waals surface area contributed by atoms with E-state index in [1.54, 1.807) is 6.07 Å². The molecule has 0 amide bonds. The van der Waals surface area contributed by atoms with E-state index in [1.807, 2.05) is 24.3 Å². The lowest BCUT2D eigenvalue weighted by molar-refractivity contribution is 0.412. The van der Waals surface area contributed by atoms with Crippen molar-refractivity contribution in [3.05, 3.63) is 97.9 Å². The Hall–Kier alpha value is -1.95. The Balaban J connectivity index is 1.75. The molecule has 0 fully saturated rings. The third-order valence-corrected chi connectivity index (χ3v) is 6.31. The van der Waals surface area contributed by atoms with Gasteiger partial charge in [0.1, 0.15) is 11.9 Å². The van der Waals surface area contributed by atoms with Gasteiger partial charge in [0, 0.05) is 32.7 Å². The van der Waals surface area contributed by atoms with E-state index >= 15 is 0 Å². The minimum Gasteiger partial charge on any atom is -0.508 e. The molecule has 0 aliphatic carbocycles. The van der Waals surface area contributed by atoms with Crippen LogP contribution in [-0.4, -0.2) is 10.8 Å². The first kappa shape index (κ1) is 20.3. The van der Waals surface area contributed by atoms with E-state index < -0.39 is 0 Å². The van der Waals surface area contributed by atoms with Gasteiger partial charge in [0.05, 0.1) is 0 Å². The summed E-state index contributed by atoms with van der Waals surface area (Å²) in [7, 11) is 0. The highest BCUT2D eigenvalue weighted by atomic mass is 79.9. The van der Waals surface area contributed by atoms with Crippen LogP contribution < -0.4 is 5.32 Å². The molecule has 3 aromatic rings. The highest BCUT2D eigenvalue weighted by molar-refractivity contribution is 9.10. The Morgan fingerprint density at radius 3 is 2.34 bits per heavy atom. The molecule has 5 heteroatoms. The third-order valence-electron chi connectivity index (χ3n) is 5.29. The average Bonchev–Trinajstić information content (AvgIpc) is 2.75. The average molecular weight is 514 g/mol. The van der Waals surface area contributed by atoms with Crippen LogP contribution in [0.5, 0.6) is 5.75 Å². The number of rotatable bonds is 4. The molecule has 2 atom stereocenters. The van der Waals surface area contributed by atoms with Crippen LogP contribution in [0.2, 0.25) is 0 Å². The fraction of sp³-hybridized carbons (Fsp3) is 0.208. The van der Waals surface area contributed by atoms with E-state index in [4.69, 9.17) is 4.99 Å². The molecule has 1 aliphatic heterocycles. The molecule has 0 aromatic heterocycles. The summed E-state index contributed by atoms with van der Waals surface area (Å²) in [6.45, 7) is 2.16. The monoisotopic (exact) mass is 512 g/mol. The molecule has 1 heterocycles. The number of phenolic OH excluding ortho intramolecular Hbond substituents is 1. The van der Waals surface area contributed by atoms with E-state index in [0.29, 0.717) is 12.2 Å². The van der Waals surface area contributed by atoms with E-state index in [2.05, 4.69) is 80.5 Å². The maximum absolute atomic E-state index is 10.5. The molecule has 3 aromatic carbocycles. The standard InChI is InChI=1S/C24H22Br2N2O/c1-2-15-3-5-16(6-4-15)21-14-22(20-13-19(26)11-12-23(20)29)28-24(27-21)17-7-9-18(25)10-8-17/h3-13,22,24,28-29H,2,14H2,1H3. The highest BCUT2D eigenvalue weighted by Crippen LogP contribution is 2.36. The topological polar surface area (TPSA) is 44.6 Å². The second kappa shape index (κ2) is 8.82. The number of hydrogen-bond acceptors (Lipinski definition) is 3. The van der Waals surface area contributed by atoms with Crippen LogP contribution in [0.4, 0.5) is 0 Å². The summed E-state index contributed by atoms with van der Waals surface area (Å²) in [6, 6.07) is 22.4. The van der Waals surface area contributed by atoms with Crippen molar-refractivity contribution < 1.29 is 5.11 Å². The molecule has 2 unspecified atom stereocenters. The van der Waals surface area contributed by atoms with Crippen molar-refractivity contribution in [2.75, 3.05) is 0 Å². The maximum Gasteiger partial charge on any atom is 0.126 e. The Bertz CT molecular complexity index is 1030. The Morgan fingerprint density at radius 2 is 1.66 bits per heavy atom. The molecular formula is C24H22Br2N2O. The van der Waals surface area contributed by atoms with Crippen LogP contribution in [0, 0.1) is 0 Å². The van der Waals surface area contributed by atoms with Gasteiger partial charge in [-0.15, -0.1) is 0 Å². The molecule has 0 saturated carbocycles. The van der Waals surface area contributed by atoms with E-state index in [1.165, 1.54) is 5.56 Å². The summed E-state index contributed by atoms with van der Waals surface area (Å²) in [5.74, 6) is 0.294. The van der Waals surface area contributed by atoms with Crippen molar-refractivity contribution in [3.63, 3.8) is 0 Å². The van der Waals surface area contributed by atoms with E-state index in [0.717, 1.165) is 37.8 Å². The molecule has 148 valence electrons. The number of benzene rings is 3. The van der Waals surface area contributed by atoms with Crippen molar-refractivity contribution in [3.8, 4) is 5.75 Å². The largest absolute Gasteiger partial charge is 0.508 e. The third kappa shape index (κ3) is 4.63. The zero-order valence-electron chi connectivity index (χ0n) is 16.1. The summed E-state index contributed by atoms with van der Waals surface area (Å²) < 4.78 is 1.99. The number of halogens is 2. The normalized spacial score (nSPS) is 19.1. The lowest BCUT2D eigenvalue weighted by atomic mass is 9.93. The first-order chi connectivity index (χ1) is 14.0. The van der Waals surface area contributed by atoms with Crippen molar-refractivity contribution in [2.45, 2.75) is 32.0 Å². The van der Waals surface area contributed by atoms with Crippen LogP contribution in [0.3, 0.4) is 0 Å². The van der Waals surface area contributed by atoms with Gasteiger partial charge in [-0.25, -0.2) is 0 Å². The second-order valence-electron chi connectivity index (χ2n) is 7.21. The van der Waals surface area contributed by atoms with Gasteiger partial charge < -0.3 is 5.11 Å². The second-order valence-corrected chi connectivity index (χ2v) is 9.04. The number of aromatic hydroxyl groups is 1. The number of aryl methyl sites for hydroxylation is 1. The van der Waals surface area contributed by atoms with E-state index in [9.17, 15) is 5.11 Å². The van der Waals surface area contributed by atoms with Crippen LogP contribution in [0.25, 0.3) is 0 Å². The highest BCUT2D eigenvalue weighted by Gasteiger charge is 2.27. The summed E-state index contributed by atoms with van der Waals surface area (Å²) in [5, 5.41) is 14.1. The Kier molecular flexibility index (Phi) is 6.18. The molecule has 3 nitrogen and oxygen atoms in total. The summed E-state index contributed by atoms with van der Waals surface area (Å²) in [4.78, 5) is 5.03. The first-order valence-electron chi connectivity index (χ1n) is 9.69. The van der Waals surface area contributed by atoms with Gasteiger partial charge in [0.15, 0.2) is 0 Å². The summed E-state index contributed by atoms with van der Waals surface area (Å²) >= 11 is 7.04. The molecule has 0 radical (unpaired) electrons. The molecule has 0 bridgehead atoms. The molecule has 4 rings (SSSR count). The van der Waals surface area contributed by atoms with Gasteiger partial charge in [-0.2, -0.15) is 0 Å². The number of nitrogens with one attached hydrogen (secondary N) is 1. The van der Waals surface area contributed by atoms with Crippen molar-refractivity contribution in [1.82, 2.24) is 5.32 Å². The van der Waals surface area contributed by atoms with Gasteiger partial charge in [0.2, 0.25) is 0 Å². The summed E-state index contributed by atoms with van der Waals surface area (Å²) in [6.07, 6.45) is 1.55. The van der Waals surface area contributed by atoms with Gasteiger partial charge in [-0.3, -0.25) is 10.3 Å². The quantitative estimate of drug-likeness (QED) is 0.407. The lowest BCUT2D eigenvalue weighted by Crippen LogP contribution is -2.33. The van der Waals surface area contributed by atoms with Crippen molar-refractivity contribution >= 4 is 37.6 Å². The Morgan fingerprint density at radius 1 is 0.966 bits per heavy atom. The molecular weight excluding hydrogens is 492 g/mol. The number of hydrogen-bond donors (Lipinski definition) is 2. The van der Waals surface area contributed by atoms with Crippen LogP contribution in [-0.2, 0) is 6.42 Å². The summed E-state index contributed by atoms with van der Waals surface area (Å²) in [5.41, 5.74) is 5.46. The molecule has 29 heavy (non-hydrogen) atoms. The van der Waals surface area contributed by atoms with Gasteiger partial charge in [-0.05, 0) is 53.4 Å². The van der Waals surface area contributed by atoms with Gasteiger partial charge in [-0.1, -0.05) is 75.2 Å². The fourth-order valence-corrected chi connectivity index (χ4v) is 4.28. The predicted molar refractivity (Wildman–Crippen MR) is 126 cm³/mol. The first-order valence-corrected chi connectivity index (χ1v) is 11.3. The van der Waals surface area contributed by atoms with Crippen LogP contribution in [0.1, 0.15) is 47.8 Å². The Labute approximate surface area is 188 Å². The molecule has 0 spiro atoms. The van der Waals surface area contributed by atoms with Gasteiger partial charge >= 0.3 is 0 Å². The SMILES string of the molecule is CCc1ccc(C2=NC(c3ccc(Br)cc3)NC(c3cc(Br)ccc3O)C2)cc1. The van der Waals surface area contributed by atoms with Crippen molar-refractivity contribution in [1.29, 1.82) is 0 Å². The molecule has 2 N–H and O–H groups in total. The van der Waals surface area contributed by atoms with Crippen LogP contribution in [0.15, 0.2) is 80.7 Å². The minimum atomic E-state index is -0.180. The zero-order valence-corrected chi connectivity index (χ0v) is 19.2. The van der Waals surface area contributed by atoms with Crippen molar-refractivity contribution in [2.24, 2.45) is 4.99 Å². The predicted octanol–water partition coefficient (Wildman–Crippen LogP) is 6.70. The van der Waals surface area contributed by atoms with Gasteiger partial charge in [0.25, 0.3) is 0 Å². The zero-order chi connectivity index (χ0) is 20.4. The number of nitrogens with zero attached hydrogens (tertiary/aromatic N) is 1. The lowest BCUT2D eigenvalue weighted by Gasteiger charge is -2.31.